The van der Waals surface area contributed by atoms with Crippen molar-refractivity contribution < 1.29 is 22.7 Å². The van der Waals surface area contributed by atoms with Gasteiger partial charge in [-0.2, -0.15) is 0 Å². The van der Waals surface area contributed by atoms with Crippen LogP contribution in [0, 0.1) is 5.82 Å². The van der Waals surface area contributed by atoms with E-state index < -0.39 is 21.6 Å². The fraction of sp³-hybridized carbons (Fsp3) is 0.417. The van der Waals surface area contributed by atoms with Crippen LogP contribution in [0.25, 0.3) is 0 Å². The fourth-order valence-corrected chi connectivity index (χ4v) is 2.66. The van der Waals surface area contributed by atoms with Crippen LogP contribution in [0.3, 0.4) is 0 Å². The highest BCUT2D eigenvalue weighted by Crippen LogP contribution is 2.09. The van der Waals surface area contributed by atoms with Crippen molar-refractivity contribution in [2.75, 3.05) is 23.4 Å². The molecule has 7 heteroatoms. The molecule has 0 saturated carbocycles. The zero-order valence-electron chi connectivity index (χ0n) is 10.3. The van der Waals surface area contributed by atoms with E-state index in [-0.39, 0.29) is 31.0 Å². The van der Waals surface area contributed by atoms with Gasteiger partial charge in [0.1, 0.15) is 5.82 Å². The molecule has 0 aromatic heterocycles. The molecule has 1 aromatic carbocycles. The van der Waals surface area contributed by atoms with Crippen LogP contribution in [0.1, 0.15) is 12.8 Å². The van der Waals surface area contributed by atoms with Gasteiger partial charge in [0.05, 0.1) is 11.5 Å². The lowest BCUT2D eigenvalue weighted by molar-refractivity contribution is -0.115. The van der Waals surface area contributed by atoms with Gasteiger partial charge in [0, 0.05) is 18.7 Å². The van der Waals surface area contributed by atoms with Crippen LogP contribution < -0.4 is 5.32 Å². The van der Waals surface area contributed by atoms with Gasteiger partial charge in [-0.25, -0.2) is 12.8 Å². The van der Waals surface area contributed by atoms with Crippen LogP contribution in [0.4, 0.5) is 10.1 Å². The molecule has 0 spiro atoms. The van der Waals surface area contributed by atoms with Crippen molar-refractivity contribution in [2.45, 2.75) is 12.8 Å². The fourth-order valence-electron chi connectivity index (χ4n) is 1.39. The van der Waals surface area contributed by atoms with Crippen molar-refractivity contribution in [1.29, 1.82) is 0 Å². The first kappa shape index (κ1) is 15.6. The number of halogens is 1. The Morgan fingerprint density at radius 3 is 2.42 bits per heavy atom. The summed E-state index contributed by atoms with van der Waals surface area (Å²) in [7, 11) is -3.32. The zero-order chi connectivity index (χ0) is 14.3. The van der Waals surface area contributed by atoms with Gasteiger partial charge >= 0.3 is 0 Å². The van der Waals surface area contributed by atoms with Crippen molar-refractivity contribution in [2.24, 2.45) is 0 Å². The lowest BCUT2D eigenvalue weighted by Gasteiger charge is -2.05. The van der Waals surface area contributed by atoms with Crippen LogP contribution in [-0.2, 0) is 14.6 Å². The Bertz CT molecular complexity index is 513. The third-order valence-corrected chi connectivity index (χ3v) is 4.12. The van der Waals surface area contributed by atoms with Crippen molar-refractivity contribution in [3.05, 3.63) is 30.1 Å². The molecule has 0 radical (unpaired) electrons. The maximum atomic E-state index is 12.6. The van der Waals surface area contributed by atoms with E-state index in [1.807, 2.05) is 0 Å². The molecule has 19 heavy (non-hydrogen) atoms. The summed E-state index contributed by atoms with van der Waals surface area (Å²) < 4.78 is 35.5. The Balaban J connectivity index is 2.41. The maximum Gasteiger partial charge on any atom is 0.225 e. The molecule has 106 valence electrons. The second-order valence-electron chi connectivity index (χ2n) is 4.03. The smallest absolute Gasteiger partial charge is 0.225 e. The van der Waals surface area contributed by atoms with Crippen LogP contribution in [0.2, 0.25) is 0 Å². The van der Waals surface area contributed by atoms with E-state index in [0.717, 1.165) is 0 Å². The van der Waals surface area contributed by atoms with Gasteiger partial charge in [-0.1, -0.05) is 0 Å². The number of rotatable bonds is 7. The number of carbonyl (C=O) groups is 1. The molecule has 1 aromatic rings. The normalized spacial score (nSPS) is 11.3. The summed E-state index contributed by atoms with van der Waals surface area (Å²) in [6.45, 7) is -0.193. The first-order chi connectivity index (χ1) is 8.93. The molecule has 1 rings (SSSR count). The van der Waals surface area contributed by atoms with Crippen LogP contribution in [-0.4, -0.2) is 37.5 Å². The topological polar surface area (TPSA) is 83.5 Å². The van der Waals surface area contributed by atoms with Gasteiger partial charge in [0.25, 0.3) is 0 Å². The van der Waals surface area contributed by atoms with Gasteiger partial charge in [0.15, 0.2) is 9.84 Å². The number of aliphatic hydroxyl groups excluding tert-OH is 1. The molecule has 0 fully saturated rings. The maximum absolute atomic E-state index is 12.6. The highest BCUT2D eigenvalue weighted by atomic mass is 32.2. The van der Waals surface area contributed by atoms with Gasteiger partial charge in [0.2, 0.25) is 5.91 Å². The minimum absolute atomic E-state index is 0.132. The van der Waals surface area contributed by atoms with E-state index in [4.69, 9.17) is 5.11 Å². The molecular formula is C12H16FNO4S. The summed E-state index contributed by atoms with van der Waals surface area (Å²) in [6.07, 6.45) is 0.00700. The molecule has 0 atom stereocenters. The Morgan fingerprint density at radius 1 is 1.21 bits per heavy atom. The number of hydrogen-bond donors (Lipinski definition) is 2. The first-order valence-electron chi connectivity index (χ1n) is 5.79. The standard InChI is InChI=1S/C12H16FNO4S/c13-10-2-4-11(5-3-10)14-12(16)6-9-19(17,18)8-1-7-15/h2-5,15H,1,6-9H2,(H,14,16). The number of aliphatic hydroxyl groups is 1. The number of anilines is 1. The van der Waals surface area contributed by atoms with E-state index >= 15 is 0 Å². The lowest BCUT2D eigenvalue weighted by Crippen LogP contribution is -2.19. The summed E-state index contributed by atoms with van der Waals surface area (Å²) >= 11 is 0. The highest BCUT2D eigenvalue weighted by Gasteiger charge is 2.13. The molecular weight excluding hydrogens is 273 g/mol. The van der Waals surface area contributed by atoms with Gasteiger partial charge < -0.3 is 10.4 Å². The Hall–Kier alpha value is -1.47. The van der Waals surface area contributed by atoms with Gasteiger partial charge in [-0.3, -0.25) is 4.79 Å². The van der Waals surface area contributed by atoms with Crippen molar-refractivity contribution >= 4 is 21.4 Å². The largest absolute Gasteiger partial charge is 0.396 e. The number of benzene rings is 1. The van der Waals surface area contributed by atoms with Crippen LogP contribution in [0.5, 0.6) is 0 Å². The molecule has 0 aliphatic heterocycles. The van der Waals surface area contributed by atoms with E-state index in [0.29, 0.717) is 5.69 Å². The Kier molecular flexibility index (Phi) is 5.91. The summed E-state index contributed by atoms with van der Waals surface area (Å²) in [5, 5.41) is 11.0. The third kappa shape index (κ3) is 6.30. The summed E-state index contributed by atoms with van der Waals surface area (Å²) in [4.78, 5) is 11.5. The lowest BCUT2D eigenvalue weighted by atomic mass is 10.3. The van der Waals surface area contributed by atoms with E-state index in [2.05, 4.69) is 5.32 Å². The summed E-state index contributed by atoms with van der Waals surface area (Å²) in [5.74, 6) is -1.25. The average Bonchev–Trinajstić information content (AvgIpc) is 2.37. The molecule has 0 unspecified atom stereocenters. The minimum atomic E-state index is -3.32. The van der Waals surface area contributed by atoms with E-state index in [9.17, 15) is 17.6 Å². The highest BCUT2D eigenvalue weighted by molar-refractivity contribution is 7.91. The van der Waals surface area contributed by atoms with E-state index in [1.165, 1.54) is 24.3 Å². The Labute approximate surface area is 111 Å². The molecule has 0 heterocycles. The van der Waals surface area contributed by atoms with Crippen LogP contribution in [0.15, 0.2) is 24.3 Å². The third-order valence-electron chi connectivity index (χ3n) is 2.38. The van der Waals surface area contributed by atoms with Crippen molar-refractivity contribution in [1.82, 2.24) is 0 Å². The van der Waals surface area contributed by atoms with Crippen LogP contribution >= 0.6 is 0 Å². The second-order valence-corrected chi connectivity index (χ2v) is 6.34. The number of carbonyl (C=O) groups excluding carboxylic acids is 1. The molecule has 5 nitrogen and oxygen atoms in total. The second kappa shape index (κ2) is 7.20. The molecule has 0 aliphatic carbocycles. The molecule has 1 amide bonds. The van der Waals surface area contributed by atoms with Crippen molar-refractivity contribution in [3.8, 4) is 0 Å². The summed E-state index contributed by atoms with van der Waals surface area (Å²) in [5.41, 5.74) is 0.416. The molecule has 0 saturated heterocycles. The minimum Gasteiger partial charge on any atom is -0.396 e. The number of sulfone groups is 1. The quantitative estimate of drug-likeness (QED) is 0.783. The first-order valence-corrected chi connectivity index (χ1v) is 7.62. The zero-order valence-corrected chi connectivity index (χ0v) is 11.1. The molecule has 0 bridgehead atoms. The number of hydrogen-bond acceptors (Lipinski definition) is 4. The molecule has 0 aliphatic rings. The average molecular weight is 289 g/mol. The Morgan fingerprint density at radius 2 is 1.84 bits per heavy atom. The summed E-state index contributed by atoms with van der Waals surface area (Å²) in [6, 6.07) is 5.20. The van der Waals surface area contributed by atoms with Gasteiger partial charge in [-0.05, 0) is 30.7 Å². The number of amides is 1. The SMILES string of the molecule is O=C(CCS(=O)(=O)CCCO)Nc1ccc(F)cc1. The predicted octanol–water partition coefficient (Wildman–Crippen LogP) is 0.951. The van der Waals surface area contributed by atoms with Crippen molar-refractivity contribution in [3.63, 3.8) is 0 Å². The predicted molar refractivity (Wildman–Crippen MR) is 70.0 cm³/mol. The monoisotopic (exact) mass is 289 g/mol. The molecule has 2 N–H and O–H groups in total. The van der Waals surface area contributed by atoms with E-state index in [1.54, 1.807) is 0 Å². The van der Waals surface area contributed by atoms with Gasteiger partial charge in [-0.15, -0.1) is 0 Å². The number of nitrogens with one attached hydrogen (secondary N) is 1.